The van der Waals surface area contributed by atoms with E-state index >= 15 is 0 Å². The van der Waals surface area contributed by atoms with E-state index in [9.17, 15) is 4.79 Å². The molecule has 7 heteroatoms. The summed E-state index contributed by atoms with van der Waals surface area (Å²) in [7, 11) is 0. The Labute approximate surface area is 142 Å². The second-order valence-corrected chi connectivity index (χ2v) is 7.07. The molecule has 0 aliphatic carbocycles. The van der Waals surface area contributed by atoms with Gasteiger partial charge in [0.05, 0.1) is 6.61 Å². The first-order chi connectivity index (χ1) is 10.8. The number of likely N-dealkylation sites (tertiary alicyclic amines) is 1. The summed E-state index contributed by atoms with van der Waals surface area (Å²) < 4.78 is 11.0. The fourth-order valence-electron chi connectivity index (χ4n) is 2.52. The summed E-state index contributed by atoms with van der Waals surface area (Å²) in [6.45, 7) is 7.66. The number of ether oxygens (including phenoxy) is 2. The molecule has 0 unspecified atom stereocenters. The number of hydrogen-bond acceptors (Lipinski definition) is 5. The monoisotopic (exact) mass is 341 g/mol. The van der Waals surface area contributed by atoms with E-state index in [2.05, 4.69) is 9.97 Å². The maximum absolute atomic E-state index is 12.1. The Bertz CT molecular complexity index is 534. The first-order valence-electron chi connectivity index (χ1n) is 7.93. The van der Waals surface area contributed by atoms with E-state index in [0.717, 1.165) is 25.8 Å². The molecule has 2 rings (SSSR count). The molecule has 1 aliphatic heterocycles. The topological polar surface area (TPSA) is 64.5 Å². The minimum absolute atomic E-state index is 0.177. The first kappa shape index (κ1) is 17.8. The van der Waals surface area contributed by atoms with Crippen molar-refractivity contribution in [2.75, 3.05) is 19.7 Å². The molecule has 0 bridgehead atoms. The van der Waals surface area contributed by atoms with Gasteiger partial charge in [0.1, 0.15) is 5.60 Å². The van der Waals surface area contributed by atoms with Crippen molar-refractivity contribution in [2.45, 2.75) is 45.6 Å². The van der Waals surface area contributed by atoms with Gasteiger partial charge in [-0.15, -0.1) is 0 Å². The summed E-state index contributed by atoms with van der Waals surface area (Å²) >= 11 is 5.72. The molecule has 1 fully saturated rings. The Kier molecular flexibility index (Phi) is 6.04. The Hall–Kier alpha value is -1.56. The third-order valence-corrected chi connectivity index (χ3v) is 3.73. The Morgan fingerprint density at radius 1 is 1.48 bits per heavy atom. The van der Waals surface area contributed by atoms with Crippen LogP contribution < -0.4 is 4.74 Å². The van der Waals surface area contributed by atoms with E-state index in [1.807, 2.05) is 20.8 Å². The number of piperidine rings is 1. The van der Waals surface area contributed by atoms with Crippen molar-refractivity contribution in [1.82, 2.24) is 14.9 Å². The number of amides is 1. The van der Waals surface area contributed by atoms with Gasteiger partial charge in [-0.1, -0.05) is 0 Å². The first-order valence-corrected chi connectivity index (χ1v) is 8.30. The minimum atomic E-state index is -0.459. The molecule has 0 spiro atoms. The predicted octanol–water partition coefficient (Wildman–Crippen LogP) is 3.55. The van der Waals surface area contributed by atoms with Gasteiger partial charge in [0.25, 0.3) is 0 Å². The van der Waals surface area contributed by atoms with Crippen LogP contribution in [0, 0.1) is 5.92 Å². The Morgan fingerprint density at radius 2 is 2.26 bits per heavy atom. The van der Waals surface area contributed by atoms with Crippen LogP contribution >= 0.6 is 11.6 Å². The quantitative estimate of drug-likeness (QED) is 0.784. The molecule has 0 aromatic carbocycles. The van der Waals surface area contributed by atoms with Crippen LogP contribution in [-0.2, 0) is 4.74 Å². The van der Waals surface area contributed by atoms with Gasteiger partial charge in [-0.3, -0.25) is 0 Å². The average Bonchev–Trinajstić information content (AvgIpc) is 2.46. The van der Waals surface area contributed by atoms with Crippen molar-refractivity contribution in [2.24, 2.45) is 5.92 Å². The number of halogens is 1. The summed E-state index contributed by atoms with van der Waals surface area (Å²) in [5, 5.41) is 0.177. The summed E-state index contributed by atoms with van der Waals surface area (Å²) in [6.07, 6.45) is 4.28. The lowest BCUT2D eigenvalue weighted by Gasteiger charge is -2.34. The number of carbonyl (C=O) groups is 1. The lowest BCUT2D eigenvalue weighted by atomic mass is 9.95. The van der Waals surface area contributed by atoms with Gasteiger partial charge < -0.3 is 14.4 Å². The molecule has 0 radical (unpaired) electrons. The maximum atomic E-state index is 12.1. The zero-order chi connectivity index (χ0) is 16.9. The van der Waals surface area contributed by atoms with E-state index in [-0.39, 0.29) is 11.4 Å². The largest absolute Gasteiger partial charge is 0.478 e. The number of hydrogen-bond donors (Lipinski definition) is 0. The van der Waals surface area contributed by atoms with Crippen molar-refractivity contribution in [1.29, 1.82) is 0 Å². The zero-order valence-electron chi connectivity index (χ0n) is 13.9. The zero-order valence-corrected chi connectivity index (χ0v) is 14.7. The van der Waals surface area contributed by atoms with Gasteiger partial charge in [-0.05, 0) is 57.6 Å². The number of aromatic nitrogens is 2. The lowest BCUT2D eigenvalue weighted by Crippen LogP contribution is -2.43. The Morgan fingerprint density at radius 3 is 2.96 bits per heavy atom. The van der Waals surface area contributed by atoms with Crippen LogP contribution in [0.15, 0.2) is 12.3 Å². The van der Waals surface area contributed by atoms with Crippen molar-refractivity contribution < 1.29 is 14.3 Å². The standard InChI is InChI=1S/C16H24ClN3O3/c1-16(2,3)23-15(21)20-9-4-5-12(11-20)7-10-22-13-6-8-18-14(17)19-13/h6,8,12H,4-5,7,9-11H2,1-3H3/t12-/m1/s1. The normalized spacial score (nSPS) is 18.6. The Balaban J connectivity index is 1.76. The fraction of sp³-hybridized carbons (Fsp3) is 0.688. The molecule has 128 valence electrons. The molecule has 1 aliphatic rings. The molecule has 23 heavy (non-hydrogen) atoms. The van der Waals surface area contributed by atoms with E-state index in [1.54, 1.807) is 17.2 Å². The summed E-state index contributed by atoms with van der Waals surface area (Å²) in [5.41, 5.74) is -0.459. The molecular formula is C16H24ClN3O3. The summed E-state index contributed by atoms with van der Waals surface area (Å²) in [4.78, 5) is 21.7. The average molecular weight is 342 g/mol. The third-order valence-electron chi connectivity index (χ3n) is 3.55. The molecule has 1 aromatic heterocycles. The molecule has 1 atom stereocenters. The van der Waals surface area contributed by atoms with Crippen LogP contribution in [0.1, 0.15) is 40.0 Å². The smallest absolute Gasteiger partial charge is 0.410 e. The van der Waals surface area contributed by atoms with Gasteiger partial charge >= 0.3 is 6.09 Å². The van der Waals surface area contributed by atoms with Crippen LogP contribution in [0.2, 0.25) is 5.28 Å². The van der Waals surface area contributed by atoms with Gasteiger partial charge in [-0.2, -0.15) is 4.98 Å². The van der Waals surface area contributed by atoms with Crippen molar-refractivity contribution in [3.05, 3.63) is 17.5 Å². The van der Waals surface area contributed by atoms with Crippen LogP contribution in [-0.4, -0.2) is 46.3 Å². The number of nitrogens with zero attached hydrogens (tertiary/aromatic N) is 3. The molecular weight excluding hydrogens is 318 g/mol. The van der Waals surface area contributed by atoms with Gasteiger partial charge in [-0.25, -0.2) is 9.78 Å². The van der Waals surface area contributed by atoms with Crippen LogP contribution in [0.5, 0.6) is 5.88 Å². The van der Waals surface area contributed by atoms with Crippen molar-refractivity contribution in [3.63, 3.8) is 0 Å². The molecule has 1 amide bonds. The van der Waals surface area contributed by atoms with Crippen molar-refractivity contribution in [3.8, 4) is 5.88 Å². The van der Waals surface area contributed by atoms with Crippen molar-refractivity contribution >= 4 is 17.7 Å². The number of carbonyl (C=O) groups excluding carboxylic acids is 1. The van der Waals surface area contributed by atoms with E-state index < -0.39 is 5.60 Å². The van der Waals surface area contributed by atoms with Crippen LogP contribution in [0.3, 0.4) is 0 Å². The lowest BCUT2D eigenvalue weighted by molar-refractivity contribution is 0.0154. The minimum Gasteiger partial charge on any atom is -0.478 e. The van der Waals surface area contributed by atoms with E-state index in [0.29, 0.717) is 24.9 Å². The molecule has 1 saturated heterocycles. The van der Waals surface area contributed by atoms with Gasteiger partial charge in [0.2, 0.25) is 11.2 Å². The van der Waals surface area contributed by atoms with Crippen LogP contribution in [0.4, 0.5) is 4.79 Å². The maximum Gasteiger partial charge on any atom is 0.410 e. The highest BCUT2D eigenvalue weighted by Crippen LogP contribution is 2.22. The molecule has 2 heterocycles. The highest BCUT2D eigenvalue weighted by atomic mass is 35.5. The highest BCUT2D eigenvalue weighted by Gasteiger charge is 2.27. The summed E-state index contributed by atoms with van der Waals surface area (Å²) in [5.74, 6) is 0.887. The third kappa shape index (κ3) is 6.22. The van der Waals surface area contributed by atoms with E-state index in [4.69, 9.17) is 21.1 Å². The van der Waals surface area contributed by atoms with Gasteiger partial charge in [0, 0.05) is 25.4 Å². The summed E-state index contributed by atoms with van der Waals surface area (Å²) in [6, 6.07) is 1.68. The number of rotatable bonds is 4. The predicted molar refractivity (Wildman–Crippen MR) is 87.7 cm³/mol. The highest BCUT2D eigenvalue weighted by molar-refractivity contribution is 6.28. The van der Waals surface area contributed by atoms with Gasteiger partial charge in [0.15, 0.2) is 0 Å². The molecule has 6 nitrogen and oxygen atoms in total. The molecule has 0 saturated carbocycles. The molecule has 0 N–H and O–H groups in total. The molecule has 1 aromatic rings. The SMILES string of the molecule is CC(C)(C)OC(=O)N1CCC[C@H](CCOc2ccnc(Cl)n2)C1. The fourth-order valence-corrected chi connectivity index (χ4v) is 2.66. The van der Waals surface area contributed by atoms with Crippen LogP contribution in [0.25, 0.3) is 0 Å². The second-order valence-electron chi connectivity index (χ2n) is 6.74. The van der Waals surface area contributed by atoms with E-state index in [1.165, 1.54) is 0 Å². The second kappa shape index (κ2) is 7.81.